The first-order valence-corrected chi connectivity index (χ1v) is 20.9. The minimum absolute atomic E-state index is 0.324. The van der Waals surface area contributed by atoms with Crippen molar-refractivity contribution in [3.63, 3.8) is 0 Å². The summed E-state index contributed by atoms with van der Waals surface area (Å²) in [6.45, 7) is 0. The first kappa shape index (κ1) is 36.8. The second-order valence-corrected chi connectivity index (χ2v) is 15.4. The molecule has 1 unspecified atom stereocenters. The van der Waals surface area contributed by atoms with Crippen LogP contribution in [0.25, 0.3) is 55.3 Å². The number of rotatable bonds is 9. The summed E-state index contributed by atoms with van der Waals surface area (Å²) < 4.78 is 6.78. The van der Waals surface area contributed by atoms with Gasteiger partial charge in [0.25, 0.3) is 0 Å². The van der Waals surface area contributed by atoms with Crippen molar-refractivity contribution in [1.29, 1.82) is 0 Å². The number of anilines is 3. The largest absolute Gasteiger partial charge is 0.455 e. The zero-order valence-electron chi connectivity index (χ0n) is 33.8. The number of nitrogens with one attached hydrogen (secondary N) is 1. The van der Waals surface area contributed by atoms with Crippen LogP contribution in [0.1, 0.15) is 22.9 Å². The van der Waals surface area contributed by atoms with Gasteiger partial charge in [0, 0.05) is 33.4 Å². The van der Waals surface area contributed by atoms with E-state index in [0.29, 0.717) is 5.84 Å². The van der Waals surface area contributed by atoms with Gasteiger partial charge in [-0.2, -0.15) is 0 Å². The summed E-state index contributed by atoms with van der Waals surface area (Å²) in [6, 6.07) is 80.6. The van der Waals surface area contributed by atoms with E-state index in [2.05, 4.69) is 192 Å². The molecule has 1 aliphatic rings. The van der Waals surface area contributed by atoms with Gasteiger partial charge in [0.1, 0.15) is 23.2 Å². The zero-order chi connectivity index (χ0) is 41.2. The van der Waals surface area contributed by atoms with Crippen LogP contribution in [0.2, 0.25) is 0 Å². The molecule has 5 heteroatoms. The lowest BCUT2D eigenvalue weighted by atomic mass is 9.96. The number of aliphatic imine (C=N–C) groups is 2. The summed E-state index contributed by atoms with van der Waals surface area (Å²) in [7, 11) is 0. The highest BCUT2D eigenvalue weighted by Crippen LogP contribution is 2.42. The predicted molar refractivity (Wildman–Crippen MR) is 257 cm³/mol. The molecule has 0 amide bonds. The molecule has 0 saturated carbocycles. The van der Waals surface area contributed by atoms with Crippen LogP contribution in [0.15, 0.2) is 245 Å². The van der Waals surface area contributed by atoms with Gasteiger partial charge in [-0.25, -0.2) is 9.98 Å². The number of nitrogens with zero attached hydrogens (tertiary/aromatic N) is 3. The molecular weight excluding hydrogens is 757 g/mol. The molecule has 5 nitrogen and oxygen atoms in total. The maximum Gasteiger partial charge on any atom is 0.163 e. The lowest BCUT2D eigenvalue weighted by molar-refractivity contribution is 0.663. The van der Waals surface area contributed by atoms with Crippen LogP contribution in [0.3, 0.4) is 0 Å². The highest BCUT2D eigenvalue weighted by Gasteiger charge is 2.25. The van der Waals surface area contributed by atoms with E-state index in [0.717, 1.165) is 83.8 Å². The van der Waals surface area contributed by atoms with E-state index >= 15 is 0 Å². The van der Waals surface area contributed by atoms with Crippen LogP contribution in [0.4, 0.5) is 17.1 Å². The van der Waals surface area contributed by atoms with E-state index in [4.69, 9.17) is 14.4 Å². The molecule has 294 valence electrons. The number of benzene rings is 9. The minimum Gasteiger partial charge on any atom is -0.455 e. The molecular formula is C57H40N4O. The smallest absolute Gasteiger partial charge is 0.163 e. The van der Waals surface area contributed by atoms with E-state index in [9.17, 15) is 0 Å². The van der Waals surface area contributed by atoms with Crippen LogP contribution in [-0.2, 0) is 0 Å². The molecule has 2 heterocycles. The zero-order valence-corrected chi connectivity index (χ0v) is 33.8. The van der Waals surface area contributed by atoms with Crippen molar-refractivity contribution in [2.45, 2.75) is 6.17 Å². The highest BCUT2D eigenvalue weighted by molar-refractivity contribution is 6.22. The van der Waals surface area contributed by atoms with Crippen molar-refractivity contribution in [1.82, 2.24) is 5.32 Å². The SMILES string of the molecule is c1ccc(C2=NC(c3ccc(-c4ccc(N(c5cccc(-c6ccccc6)c5)c5cccc(-c6ccccc6)c5)cc4)c4c3oc3ccccc34)=NC(c3ccccc3)N2)cc1. The Hall–Kier alpha value is -8.28. The molecule has 0 aliphatic carbocycles. The lowest BCUT2D eigenvalue weighted by Gasteiger charge is -2.27. The molecule has 11 rings (SSSR count). The highest BCUT2D eigenvalue weighted by atomic mass is 16.3. The van der Waals surface area contributed by atoms with Crippen LogP contribution in [0.5, 0.6) is 0 Å². The van der Waals surface area contributed by atoms with Gasteiger partial charge in [-0.05, 0) is 87.5 Å². The van der Waals surface area contributed by atoms with Gasteiger partial charge < -0.3 is 14.6 Å². The molecule has 0 bridgehead atoms. The molecule has 10 aromatic rings. The van der Waals surface area contributed by atoms with Crippen LogP contribution in [0, 0.1) is 0 Å². The summed E-state index contributed by atoms with van der Waals surface area (Å²) in [6.07, 6.45) is -0.324. The molecule has 0 spiro atoms. The van der Waals surface area contributed by atoms with E-state index in [1.54, 1.807) is 0 Å². The molecule has 1 aliphatic heterocycles. The number of hydrogen-bond acceptors (Lipinski definition) is 5. The van der Waals surface area contributed by atoms with Gasteiger partial charge in [-0.1, -0.05) is 182 Å². The number of furan rings is 1. The summed E-state index contributed by atoms with van der Waals surface area (Å²) in [5, 5.41) is 5.66. The third-order valence-corrected chi connectivity index (χ3v) is 11.5. The average molecular weight is 797 g/mol. The van der Waals surface area contributed by atoms with E-state index in [1.807, 2.05) is 48.5 Å². The quantitative estimate of drug-likeness (QED) is 0.158. The number of fused-ring (bicyclic) bond motifs is 3. The Kier molecular flexibility index (Phi) is 9.52. The summed E-state index contributed by atoms with van der Waals surface area (Å²) in [4.78, 5) is 12.7. The van der Waals surface area contributed by atoms with Crippen molar-refractivity contribution in [2.75, 3.05) is 4.90 Å². The maximum absolute atomic E-state index is 6.78. The average Bonchev–Trinajstić information content (AvgIpc) is 3.75. The number of para-hydroxylation sites is 1. The molecule has 9 aromatic carbocycles. The number of amidine groups is 2. The van der Waals surface area contributed by atoms with E-state index in [1.165, 1.54) is 11.1 Å². The summed E-state index contributed by atoms with van der Waals surface area (Å²) in [5.41, 5.74) is 14.5. The second-order valence-electron chi connectivity index (χ2n) is 15.4. The Morgan fingerprint density at radius 2 is 0.952 bits per heavy atom. The minimum atomic E-state index is -0.324. The van der Waals surface area contributed by atoms with Gasteiger partial charge in [-0.3, -0.25) is 0 Å². The molecule has 0 fully saturated rings. The van der Waals surface area contributed by atoms with E-state index in [-0.39, 0.29) is 6.17 Å². The first-order valence-electron chi connectivity index (χ1n) is 20.9. The predicted octanol–water partition coefficient (Wildman–Crippen LogP) is 14.6. The molecule has 62 heavy (non-hydrogen) atoms. The van der Waals surface area contributed by atoms with Gasteiger partial charge in [-0.15, -0.1) is 0 Å². The Morgan fingerprint density at radius 3 is 1.58 bits per heavy atom. The third-order valence-electron chi connectivity index (χ3n) is 11.5. The molecule has 1 aromatic heterocycles. The van der Waals surface area contributed by atoms with E-state index < -0.39 is 0 Å². The second kappa shape index (κ2) is 16.1. The first-order chi connectivity index (χ1) is 30.7. The maximum atomic E-state index is 6.78. The van der Waals surface area contributed by atoms with Crippen molar-refractivity contribution in [2.24, 2.45) is 9.98 Å². The van der Waals surface area contributed by atoms with Crippen molar-refractivity contribution in [3.8, 4) is 33.4 Å². The Labute approximate surface area is 360 Å². The third kappa shape index (κ3) is 7.01. The molecule has 1 N–H and O–H groups in total. The van der Waals surface area contributed by atoms with Crippen molar-refractivity contribution in [3.05, 3.63) is 247 Å². The summed E-state index contributed by atoms with van der Waals surface area (Å²) >= 11 is 0. The van der Waals surface area contributed by atoms with Gasteiger partial charge in [0.05, 0.1) is 5.56 Å². The molecule has 0 saturated heterocycles. The van der Waals surface area contributed by atoms with Crippen molar-refractivity contribution < 1.29 is 4.42 Å². The van der Waals surface area contributed by atoms with Crippen molar-refractivity contribution >= 4 is 50.7 Å². The Morgan fingerprint density at radius 1 is 0.419 bits per heavy atom. The molecule has 0 radical (unpaired) electrons. The van der Waals surface area contributed by atoms with Gasteiger partial charge in [0.15, 0.2) is 5.84 Å². The summed E-state index contributed by atoms with van der Waals surface area (Å²) in [5.74, 6) is 1.38. The van der Waals surface area contributed by atoms with Gasteiger partial charge in [0.2, 0.25) is 0 Å². The topological polar surface area (TPSA) is 53.1 Å². The molecule has 1 atom stereocenters. The Bertz CT molecular complexity index is 3170. The fourth-order valence-electron chi connectivity index (χ4n) is 8.51. The fourth-order valence-corrected chi connectivity index (χ4v) is 8.51. The Balaban J connectivity index is 1.03. The van der Waals surface area contributed by atoms with Crippen LogP contribution in [-0.4, -0.2) is 11.7 Å². The standard InChI is InChI=1S/C57H40N4O/c1-5-17-39(18-6-1)44-25-15-27-47(37-44)61(48-28-16-26-45(38-48)40-19-7-2-8-20-40)46-33-31-41(32-34-46)49-35-36-51(54-53(49)50-29-13-14-30-52(50)62-54)57-59-55(42-21-9-3-10-22-42)58-56(60-57)43-23-11-4-12-24-43/h1-38,55H,(H,58,59,60). The fraction of sp³-hybridized carbons (Fsp3) is 0.0175. The number of hydrogen-bond donors (Lipinski definition) is 1. The van der Waals surface area contributed by atoms with Gasteiger partial charge >= 0.3 is 0 Å². The monoisotopic (exact) mass is 796 g/mol. The lowest BCUT2D eigenvalue weighted by Crippen LogP contribution is -2.33. The van der Waals surface area contributed by atoms with Crippen LogP contribution >= 0.6 is 0 Å². The van der Waals surface area contributed by atoms with Crippen LogP contribution < -0.4 is 10.2 Å². The normalized spacial score (nSPS) is 13.6.